The van der Waals surface area contributed by atoms with Crippen LogP contribution in [0.4, 0.5) is 5.82 Å². The van der Waals surface area contributed by atoms with E-state index in [1.807, 2.05) is 24.3 Å². The van der Waals surface area contributed by atoms with Gasteiger partial charge in [0.2, 0.25) is 0 Å². The maximum Gasteiger partial charge on any atom is 0.132 e. The molecule has 0 radical (unpaired) electrons. The minimum absolute atomic E-state index is 0.484. The number of nitrogens with one attached hydrogen (secondary N) is 1. The molecule has 5 heteroatoms. The summed E-state index contributed by atoms with van der Waals surface area (Å²) in [6, 6.07) is 7.56. The molecule has 0 aliphatic rings. The van der Waals surface area contributed by atoms with Crippen LogP contribution in [0.25, 0.3) is 22.3 Å². The van der Waals surface area contributed by atoms with Gasteiger partial charge in [-0.15, -0.1) is 0 Å². The Morgan fingerprint density at radius 1 is 1.19 bits per heavy atom. The lowest BCUT2D eigenvalue weighted by Gasteiger charge is -2.02. The molecule has 0 spiro atoms. The zero-order valence-corrected chi connectivity index (χ0v) is 8.38. The Balaban J connectivity index is 2.22. The van der Waals surface area contributed by atoms with Gasteiger partial charge in [0.15, 0.2) is 0 Å². The molecule has 16 heavy (non-hydrogen) atoms. The van der Waals surface area contributed by atoms with E-state index >= 15 is 0 Å². The number of anilines is 1. The number of aromatic nitrogens is 4. The number of rotatable bonds is 1. The SMILES string of the molecule is Nc1ncccc1-c1ccc2[nH]ncc2n1. The van der Waals surface area contributed by atoms with Gasteiger partial charge in [0.25, 0.3) is 0 Å². The second-order valence-corrected chi connectivity index (χ2v) is 3.44. The van der Waals surface area contributed by atoms with Crippen LogP contribution in [0.2, 0.25) is 0 Å². The average molecular weight is 211 g/mol. The number of nitrogens with two attached hydrogens (primary N) is 1. The highest BCUT2D eigenvalue weighted by molar-refractivity contribution is 5.79. The molecular formula is C11H9N5. The number of H-pyrrole nitrogens is 1. The lowest BCUT2D eigenvalue weighted by Crippen LogP contribution is -1.94. The summed E-state index contributed by atoms with van der Waals surface area (Å²) in [7, 11) is 0. The number of hydrogen-bond donors (Lipinski definition) is 2. The minimum atomic E-state index is 0.484. The van der Waals surface area contributed by atoms with Crippen LogP contribution in [0.1, 0.15) is 0 Å². The second kappa shape index (κ2) is 3.30. The summed E-state index contributed by atoms with van der Waals surface area (Å²) in [6.07, 6.45) is 3.35. The van der Waals surface area contributed by atoms with Gasteiger partial charge in [0, 0.05) is 11.8 Å². The summed E-state index contributed by atoms with van der Waals surface area (Å²) in [6.45, 7) is 0. The molecule has 0 aliphatic heterocycles. The summed E-state index contributed by atoms with van der Waals surface area (Å²) in [5, 5.41) is 6.78. The number of pyridine rings is 2. The third-order valence-corrected chi connectivity index (χ3v) is 2.41. The van der Waals surface area contributed by atoms with Gasteiger partial charge < -0.3 is 5.73 Å². The maximum atomic E-state index is 5.80. The normalized spacial score (nSPS) is 10.8. The highest BCUT2D eigenvalue weighted by Crippen LogP contribution is 2.23. The average Bonchev–Trinajstić information content (AvgIpc) is 2.76. The van der Waals surface area contributed by atoms with Gasteiger partial charge in [-0.05, 0) is 24.3 Å². The monoisotopic (exact) mass is 211 g/mol. The van der Waals surface area contributed by atoms with E-state index in [1.54, 1.807) is 12.4 Å². The van der Waals surface area contributed by atoms with Crippen molar-refractivity contribution in [2.24, 2.45) is 0 Å². The third kappa shape index (κ3) is 1.30. The predicted octanol–water partition coefficient (Wildman–Crippen LogP) is 1.60. The summed E-state index contributed by atoms with van der Waals surface area (Å²) < 4.78 is 0. The van der Waals surface area contributed by atoms with Gasteiger partial charge in [0.1, 0.15) is 11.3 Å². The first-order chi connectivity index (χ1) is 7.84. The molecule has 0 aliphatic carbocycles. The van der Waals surface area contributed by atoms with Crippen LogP contribution in [-0.2, 0) is 0 Å². The van der Waals surface area contributed by atoms with E-state index in [2.05, 4.69) is 20.2 Å². The van der Waals surface area contributed by atoms with Gasteiger partial charge in [0.05, 0.1) is 17.4 Å². The summed E-state index contributed by atoms with van der Waals surface area (Å²) in [5.74, 6) is 0.484. The molecule has 0 amide bonds. The standard InChI is InChI=1S/C11H9N5/c12-11-7(2-1-5-13-11)8-3-4-9-10(15-8)6-14-16-9/h1-6H,(H2,12,13)(H,14,16). The molecule has 0 saturated heterocycles. The quantitative estimate of drug-likeness (QED) is 0.640. The molecule has 3 aromatic rings. The Bertz CT molecular complexity index is 643. The number of hydrogen-bond acceptors (Lipinski definition) is 4. The van der Waals surface area contributed by atoms with Crippen molar-refractivity contribution in [3.05, 3.63) is 36.7 Å². The smallest absolute Gasteiger partial charge is 0.132 e. The van der Waals surface area contributed by atoms with Crippen LogP contribution in [0.5, 0.6) is 0 Å². The Labute approximate surface area is 91.3 Å². The number of nitrogens with zero attached hydrogens (tertiary/aromatic N) is 3. The van der Waals surface area contributed by atoms with Crippen LogP contribution in [0.15, 0.2) is 36.7 Å². The van der Waals surface area contributed by atoms with Crippen molar-refractivity contribution in [1.82, 2.24) is 20.2 Å². The van der Waals surface area contributed by atoms with E-state index in [-0.39, 0.29) is 0 Å². The number of fused-ring (bicyclic) bond motifs is 1. The van der Waals surface area contributed by atoms with Crippen LogP contribution in [-0.4, -0.2) is 20.2 Å². The number of aromatic amines is 1. The molecular weight excluding hydrogens is 202 g/mol. The van der Waals surface area contributed by atoms with E-state index in [9.17, 15) is 0 Å². The Hall–Kier alpha value is -2.43. The first kappa shape index (κ1) is 8.84. The van der Waals surface area contributed by atoms with Crippen molar-refractivity contribution in [1.29, 1.82) is 0 Å². The molecule has 0 aromatic carbocycles. The van der Waals surface area contributed by atoms with E-state index in [0.717, 1.165) is 22.3 Å². The highest BCUT2D eigenvalue weighted by Gasteiger charge is 2.05. The third-order valence-electron chi connectivity index (χ3n) is 2.41. The first-order valence-corrected chi connectivity index (χ1v) is 4.85. The van der Waals surface area contributed by atoms with Crippen LogP contribution >= 0.6 is 0 Å². The Kier molecular flexibility index (Phi) is 1.83. The van der Waals surface area contributed by atoms with Gasteiger partial charge in [-0.3, -0.25) is 5.10 Å². The van der Waals surface area contributed by atoms with Gasteiger partial charge in [-0.2, -0.15) is 5.10 Å². The second-order valence-electron chi connectivity index (χ2n) is 3.44. The van der Waals surface area contributed by atoms with Crippen molar-refractivity contribution >= 4 is 16.9 Å². The van der Waals surface area contributed by atoms with Crippen molar-refractivity contribution in [3.8, 4) is 11.3 Å². The predicted molar refractivity (Wildman–Crippen MR) is 61.5 cm³/mol. The molecule has 0 atom stereocenters. The van der Waals surface area contributed by atoms with Crippen molar-refractivity contribution < 1.29 is 0 Å². The van der Waals surface area contributed by atoms with E-state index in [0.29, 0.717) is 5.82 Å². The van der Waals surface area contributed by atoms with Gasteiger partial charge in [-0.25, -0.2) is 9.97 Å². The van der Waals surface area contributed by atoms with Crippen molar-refractivity contribution in [2.45, 2.75) is 0 Å². The largest absolute Gasteiger partial charge is 0.383 e. The fourth-order valence-corrected chi connectivity index (χ4v) is 1.61. The molecule has 3 N–H and O–H groups in total. The molecule has 0 fully saturated rings. The molecule has 0 bridgehead atoms. The Morgan fingerprint density at radius 3 is 3.00 bits per heavy atom. The van der Waals surface area contributed by atoms with E-state index in [1.165, 1.54) is 0 Å². The van der Waals surface area contributed by atoms with Crippen LogP contribution < -0.4 is 5.73 Å². The summed E-state index contributed by atoms with van der Waals surface area (Å²) >= 11 is 0. The van der Waals surface area contributed by atoms with Crippen molar-refractivity contribution in [2.75, 3.05) is 5.73 Å². The minimum Gasteiger partial charge on any atom is -0.383 e. The number of nitrogen functional groups attached to an aromatic ring is 1. The molecule has 0 unspecified atom stereocenters. The van der Waals surface area contributed by atoms with Crippen LogP contribution in [0, 0.1) is 0 Å². The fourth-order valence-electron chi connectivity index (χ4n) is 1.61. The molecule has 3 rings (SSSR count). The highest BCUT2D eigenvalue weighted by atomic mass is 15.1. The lowest BCUT2D eigenvalue weighted by atomic mass is 10.1. The summed E-state index contributed by atoms with van der Waals surface area (Å²) in [4.78, 5) is 8.49. The zero-order chi connectivity index (χ0) is 11.0. The zero-order valence-electron chi connectivity index (χ0n) is 8.38. The van der Waals surface area contributed by atoms with Gasteiger partial charge in [-0.1, -0.05) is 0 Å². The summed E-state index contributed by atoms with van der Waals surface area (Å²) in [5.41, 5.74) is 9.17. The molecule has 0 saturated carbocycles. The fraction of sp³-hybridized carbons (Fsp3) is 0. The van der Waals surface area contributed by atoms with E-state index < -0.39 is 0 Å². The molecule has 78 valence electrons. The van der Waals surface area contributed by atoms with Crippen LogP contribution in [0.3, 0.4) is 0 Å². The maximum absolute atomic E-state index is 5.80. The molecule has 3 aromatic heterocycles. The van der Waals surface area contributed by atoms with E-state index in [4.69, 9.17) is 5.73 Å². The van der Waals surface area contributed by atoms with Gasteiger partial charge >= 0.3 is 0 Å². The topological polar surface area (TPSA) is 80.5 Å². The molecule has 5 nitrogen and oxygen atoms in total. The molecule has 3 heterocycles. The first-order valence-electron chi connectivity index (χ1n) is 4.85. The van der Waals surface area contributed by atoms with Crippen molar-refractivity contribution in [3.63, 3.8) is 0 Å². The lowest BCUT2D eigenvalue weighted by molar-refractivity contribution is 1.12. The Morgan fingerprint density at radius 2 is 2.12 bits per heavy atom.